The van der Waals surface area contributed by atoms with Crippen LogP contribution in [0.25, 0.3) is 0 Å². The van der Waals surface area contributed by atoms with Crippen LogP contribution in [0.3, 0.4) is 0 Å². The summed E-state index contributed by atoms with van der Waals surface area (Å²) >= 11 is 12.7. The molecule has 0 saturated heterocycles. The maximum absolute atomic E-state index is 11.7. The Balaban J connectivity index is 1.81. The van der Waals surface area contributed by atoms with Gasteiger partial charge in [-0.25, -0.2) is 0 Å². The van der Waals surface area contributed by atoms with Crippen molar-refractivity contribution in [2.24, 2.45) is 5.92 Å². The number of benzene rings is 2. The van der Waals surface area contributed by atoms with E-state index in [-0.39, 0.29) is 11.8 Å². The zero-order valence-electron chi connectivity index (χ0n) is 13.2. The van der Waals surface area contributed by atoms with E-state index in [9.17, 15) is 4.79 Å². The van der Waals surface area contributed by atoms with Crippen LogP contribution in [0, 0.1) is 5.92 Å². The molecule has 1 heterocycles. The van der Waals surface area contributed by atoms with Crippen molar-refractivity contribution in [3.05, 3.63) is 75.3 Å². The minimum atomic E-state index is 0.0938. The lowest BCUT2D eigenvalue weighted by molar-refractivity contribution is 0.101. The summed E-state index contributed by atoms with van der Waals surface area (Å²) in [4.78, 5) is 11.7. The van der Waals surface area contributed by atoms with Gasteiger partial charge in [-0.05, 0) is 54.7 Å². The molecule has 1 aliphatic carbocycles. The van der Waals surface area contributed by atoms with Crippen LogP contribution in [0.15, 0.2) is 48.6 Å². The molecule has 2 nitrogen and oxygen atoms in total. The van der Waals surface area contributed by atoms with Gasteiger partial charge in [-0.2, -0.15) is 0 Å². The molecule has 0 radical (unpaired) electrons. The van der Waals surface area contributed by atoms with Gasteiger partial charge < -0.3 is 5.32 Å². The molecular weight excluding hydrogens is 341 g/mol. The standard InChI is InChI=1S/C20H17Cl2NO/c1-11(24)12-8-9-18-16(10-12)13-4-2-5-14(13)20(23-18)15-6-3-7-17(21)19(15)22/h2-4,6-10,13-14,20,23H,5H2,1H3/t13-,14-,20+/m1/s1. The van der Waals surface area contributed by atoms with E-state index < -0.39 is 0 Å². The number of Topliss-reactive ketones (excluding diaryl/α,β-unsaturated/α-hetero) is 1. The first-order valence-electron chi connectivity index (χ1n) is 8.08. The van der Waals surface area contributed by atoms with E-state index in [0.717, 1.165) is 23.2 Å². The second-order valence-electron chi connectivity index (χ2n) is 6.48. The topological polar surface area (TPSA) is 29.1 Å². The van der Waals surface area contributed by atoms with Crippen LogP contribution in [0.1, 0.15) is 46.8 Å². The third-order valence-electron chi connectivity index (χ3n) is 5.09. The first-order chi connectivity index (χ1) is 11.6. The number of nitrogens with one attached hydrogen (secondary N) is 1. The summed E-state index contributed by atoms with van der Waals surface area (Å²) in [6.07, 6.45) is 5.45. The minimum absolute atomic E-state index is 0.0938. The molecule has 1 aliphatic heterocycles. The maximum atomic E-state index is 11.7. The van der Waals surface area contributed by atoms with Crippen molar-refractivity contribution < 1.29 is 4.79 Å². The van der Waals surface area contributed by atoms with Gasteiger partial charge in [-0.1, -0.05) is 47.5 Å². The molecule has 3 atom stereocenters. The SMILES string of the molecule is CC(=O)c1ccc2c(c1)[C@@H]1C=CC[C@H]1[C@@H](c1cccc(Cl)c1Cl)N2. The molecule has 4 heteroatoms. The maximum Gasteiger partial charge on any atom is 0.159 e. The third kappa shape index (κ3) is 2.45. The smallest absolute Gasteiger partial charge is 0.159 e. The predicted octanol–water partition coefficient (Wildman–Crippen LogP) is 6.02. The number of allylic oxidation sites excluding steroid dienone is 2. The van der Waals surface area contributed by atoms with Gasteiger partial charge >= 0.3 is 0 Å². The van der Waals surface area contributed by atoms with E-state index in [1.54, 1.807) is 6.92 Å². The summed E-state index contributed by atoms with van der Waals surface area (Å²) in [5.41, 5.74) is 4.04. The van der Waals surface area contributed by atoms with Crippen LogP contribution < -0.4 is 5.32 Å². The van der Waals surface area contributed by atoms with Crippen LogP contribution in [0.4, 0.5) is 5.69 Å². The van der Waals surface area contributed by atoms with Crippen LogP contribution in [-0.4, -0.2) is 5.78 Å². The van der Waals surface area contributed by atoms with Gasteiger partial charge in [0.1, 0.15) is 0 Å². The molecule has 24 heavy (non-hydrogen) atoms. The Morgan fingerprint density at radius 2 is 2.00 bits per heavy atom. The molecule has 4 rings (SSSR count). The molecule has 2 aromatic carbocycles. The van der Waals surface area contributed by atoms with E-state index in [4.69, 9.17) is 23.2 Å². The average Bonchev–Trinajstić information content (AvgIpc) is 3.06. The van der Waals surface area contributed by atoms with Gasteiger partial charge in [0.05, 0.1) is 16.1 Å². The first kappa shape index (κ1) is 15.7. The average molecular weight is 358 g/mol. The molecule has 2 aromatic rings. The van der Waals surface area contributed by atoms with Crippen LogP contribution in [-0.2, 0) is 0 Å². The number of anilines is 1. The zero-order valence-corrected chi connectivity index (χ0v) is 14.7. The van der Waals surface area contributed by atoms with E-state index in [1.165, 1.54) is 5.56 Å². The second-order valence-corrected chi connectivity index (χ2v) is 7.26. The number of carbonyl (C=O) groups excluding carboxylic acids is 1. The lowest BCUT2D eigenvalue weighted by Crippen LogP contribution is -2.29. The summed E-state index contributed by atoms with van der Waals surface area (Å²) < 4.78 is 0. The van der Waals surface area contributed by atoms with Crippen molar-refractivity contribution in [1.82, 2.24) is 0 Å². The van der Waals surface area contributed by atoms with E-state index >= 15 is 0 Å². The minimum Gasteiger partial charge on any atom is -0.378 e. The quantitative estimate of drug-likeness (QED) is 0.525. The molecule has 0 unspecified atom stereocenters. The first-order valence-corrected chi connectivity index (χ1v) is 8.84. The summed E-state index contributed by atoms with van der Waals surface area (Å²) in [6, 6.07) is 11.8. The number of carbonyl (C=O) groups is 1. The predicted molar refractivity (Wildman–Crippen MR) is 99.3 cm³/mol. The highest BCUT2D eigenvalue weighted by atomic mass is 35.5. The van der Waals surface area contributed by atoms with Gasteiger partial charge in [0.15, 0.2) is 5.78 Å². The van der Waals surface area contributed by atoms with Crippen molar-refractivity contribution in [1.29, 1.82) is 0 Å². The van der Waals surface area contributed by atoms with Crippen molar-refractivity contribution in [2.75, 3.05) is 5.32 Å². The highest BCUT2D eigenvalue weighted by molar-refractivity contribution is 6.42. The monoisotopic (exact) mass is 357 g/mol. The second kappa shape index (κ2) is 5.94. The van der Waals surface area contributed by atoms with Crippen molar-refractivity contribution in [3.8, 4) is 0 Å². The normalized spacial score (nSPS) is 24.2. The molecule has 2 aliphatic rings. The highest BCUT2D eigenvalue weighted by Crippen LogP contribution is 2.51. The van der Waals surface area contributed by atoms with Gasteiger partial charge in [0.2, 0.25) is 0 Å². The summed E-state index contributed by atoms with van der Waals surface area (Å²) in [7, 11) is 0. The molecule has 0 saturated carbocycles. The number of hydrogen-bond acceptors (Lipinski definition) is 2. The molecule has 0 amide bonds. The Hall–Kier alpha value is -1.77. The molecule has 0 fully saturated rings. The van der Waals surface area contributed by atoms with Crippen LogP contribution >= 0.6 is 23.2 Å². The molecule has 0 bridgehead atoms. The molecular formula is C20H17Cl2NO. The van der Waals surface area contributed by atoms with E-state index in [1.807, 2.05) is 36.4 Å². The van der Waals surface area contributed by atoms with E-state index in [2.05, 4.69) is 17.5 Å². The summed E-state index contributed by atoms with van der Waals surface area (Å²) in [5.74, 6) is 0.757. The van der Waals surface area contributed by atoms with Crippen LogP contribution in [0.5, 0.6) is 0 Å². The Labute approximate surface area is 151 Å². The molecule has 0 spiro atoms. The Bertz CT molecular complexity index is 859. The van der Waals surface area contributed by atoms with Gasteiger partial charge in [-0.15, -0.1) is 0 Å². The fourth-order valence-corrected chi connectivity index (χ4v) is 4.31. The van der Waals surface area contributed by atoms with E-state index in [0.29, 0.717) is 21.9 Å². The lowest BCUT2D eigenvalue weighted by atomic mass is 9.76. The van der Waals surface area contributed by atoms with Gasteiger partial charge in [0, 0.05) is 17.2 Å². The number of hydrogen-bond donors (Lipinski definition) is 1. The lowest BCUT2D eigenvalue weighted by Gasteiger charge is -2.38. The van der Waals surface area contributed by atoms with Crippen molar-refractivity contribution >= 4 is 34.7 Å². The number of ketones is 1. The fraction of sp³-hybridized carbons (Fsp3) is 0.250. The highest BCUT2D eigenvalue weighted by Gasteiger charge is 2.38. The Morgan fingerprint density at radius 1 is 1.17 bits per heavy atom. The zero-order chi connectivity index (χ0) is 16.8. The molecule has 1 N–H and O–H groups in total. The van der Waals surface area contributed by atoms with Gasteiger partial charge in [0.25, 0.3) is 0 Å². The third-order valence-corrected chi connectivity index (χ3v) is 5.92. The van der Waals surface area contributed by atoms with Crippen molar-refractivity contribution in [3.63, 3.8) is 0 Å². The van der Waals surface area contributed by atoms with Gasteiger partial charge in [-0.3, -0.25) is 4.79 Å². The number of halogens is 2. The fourth-order valence-electron chi connectivity index (χ4n) is 3.88. The van der Waals surface area contributed by atoms with Crippen molar-refractivity contribution in [2.45, 2.75) is 25.3 Å². The Kier molecular flexibility index (Phi) is 3.90. The molecule has 0 aromatic heterocycles. The number of fused-ring (bicyclic) bond motifs is 3. The summed E-state index contributed by atoms with van der Waals surface area (Å²) in [5, 5.41) is 4.82. The molecule has 122 valence electrons. The van der Waals surface area contributed by atoms with Crippen LogP contribution in [0.2, 0.25) is 10.0 Å². The largest absolute Gasteiger partial charge is 0.378 e. The summed E-state index contributed by atoms with van der Waals surface area (Å²) in [6.45, 7) is 1.61. The Morgan fingerprint density at radius 3 is 2.79 bits per heavy atom. The number of rotatable bonds is 2.